The molecule has 3 rings (SSSR count). The predicted octanol–water partition coefficient (Wildman–Crippen LogP) is 3.00. The van der Waals surface area contributed by atoms with E-state index in [-0.39, 0.29) is 23.7 Å². The molecule has 5 nitrogen and oxygen atoms in total. The molecule has 144 valence electrons. The normalized spacial score (nSPS) is 20.2. The molecule has 0 unspecified atom stereocenters. The van der Waals surface area contributed by atoms with E-state index in [9.17, 15) is 18.0 Å². The van der Waals surface area contributed by atoms with Crippen molar-refractivity contribution in [2.75, 3.05) is 31.2 Å². The van der Waals surface area contributed by atoms with Crippen LogP contribution in [0.15, 0.2) is 18.3 Å². The minimum atomic E-state index is -4.41. The van der Waals surface area contributed by atoms with E-state index in [1.807, 2.05) is 0 Å². The Bertz CT molecular complexity index is 610. The van der Waals surface area contributed by atoms with Crippen molar-refractivity contribution in [3.63, 3.8) is 0 Å². The van der Waals surface area contributed by atoms with Crippen LogP contribution in [0.3, 0.4) is 0 Å². The first-order valence-corrected chi connectivity index (χ1v) is 9.08. The van der Waals surface area contributed by atoms with Crippen LogP contribution in [0.5, 0.6) is 0 Å². The van der Waals surface area contributed by atoms with E-state index < -0.39 is 11.7 Å². The SMILES string of the molecule is O=C(CC1CCN(c2ncccc2C(F)(F)F)CC1)NC1CCOCC1. The third-order valence-corrected chi connectivity index (χ3v) is 5.07. The summed E-state index contributed by atoms with van der Waals surface area (Å²) in [5.41, 5.74) is -0.698. The van der Waals surface area contributed by atoms with E-state index in [1.165, 1.54) is 12.3 Å². The van der Waals surface area contributed by atoms with Gasteiger partial charge in [0.2, 0.25) is 5.91 Å². The molecular weight excluding hydrogens is 347 g/mol. The molecule has 1 amide bonds. The average Bonchev–Trinajstić information content (AvgIpc) is 2.62. The van der Waals surface area contributed by atoms with Crippen molar-refractivity contribution in [1.82, 2.24) is 10.3 Å². The molecule has 2 aliphatic rings. The van der Waals surface area contributed by atoms with Gasteiger partial charge in [-0.15, -0.1) is 0 Å². The quantitative estimate of drug-likeness (QED) is 0.884. The Morgan fingerprint density at radius 1 is 1.23 bits per heavy atom. The van der Waals surface area contributed by atoms with Gasteiger partial charge in [-0.3, -0.25) is 4.79 Å². The summed E-state index contributed by atoms with van der Waals surface area (Å²) in [5, 5.41) is 3.04. The summed E-state index contributed by atoms with van der Waals surface area (Å²) in [4.78, 5) is 17.8. The molecule has 0 bridgehead atoms. The number of nitrogens with one attached hydrogen (secondary N) is 1. The number of halogens is 3. The van der Waals surface area contributed by atoms with Gasteiger partial charge in [0.15, 0.2) is 0 Å². The Morgan fingerprint density at radius 3 is 2.58 bits per heavy atom. The lowest BCUT2D eigenvalue weighted by atomic mass is 9.92. The largest absolute Gasteiger partial charge is 0.419 e. The van der Waals surface area contributed by atoms with Crippen molar-refractivity contribution < 1.29 is 22.7 Å². The number of carbonyl (C=O) groups excluding carboxylic acids is 1. The van der Waals surface area contributed by atoms with Crippen molar-refractivity contribution in [1.29, 1.82) is 0 Å². The van der Waals surface area contributed by atoms with Crippen LogP contribution in [0, 0.1) is 5.92 Å². The Balaban J connectivity index is 1.51. The van der Waals surface area contributed by atoms with Gasteiger partial charge in [-0.2, -0.15) is 13.2 Å². The number of nitrogens with zero attached hydrogens (tertiary/aromatic N) is 2. The van der Waals surface area contributed by atoms with Crippen molar-refractivity contribution in [3.8, 4) is 0 Å². The monoisotopic (exact) mass is 371 g/mol. The summed E-state index contributed by atoms with van der Waals surface area (Å²) in [6, 6.07) is 2.55. The lowest BCUT2D eigenvalue weighted by Crippen LogP contribution is -2.41. The number of ether oxygens (including phenoxy) is 1. The zero-order valence-electron chi connectivity index (χ0n) is 14.6. The van der Waals surface area contributed by atoms with Crippen LogP contribution in [0.1, 0.15) is 37.7 Å². The third-order valence-electron chi connectivity index (χ3n) is 5.07. The van der Waals surface area contributed by atoms with Crippen LogP contribution < -0.4 is 10.2 Å². The molecule has 2 fully saturated rings. The number of hydrogen-bond donors (Lipinski definition) is 1. The maximum Gasteiger partial charge on any atom is 0.419 e. The summed E-state index contributed by atoms with van der Waals surface area (Å²) in [6.45, 7) is 2.31. The number of rotatable bonds is 4. The molecule has 3 heterocycles. The second kappa shape index (κ2) is 8.24. The highest BCUT2D eigenvalue weighted by molar-refractivity contribution is 5.76. The van der Waals surface area contributed by atoms with Crippen molar-refractivity contribution >= 4 is 11.7 Å². The highest BCUT2D eigenvalue weighted by atomic mass is 19.4. The average molecular weight is 371 g/mol. The topological polar surface area (TPSA) is 54.5 Å². The van der Waals surface area contributed by atoms with Crippen LogP contribution in [-0.4, -0.2) is 43.2 Å². The highest BCUT2D eigenvalue weighted by Gasteiger charge is 2.36. The summed E-state index contributed by atoms with van der Waals surface area (Å²) in [5.74, 6) is 0.221. The van der Waals surface area contributed by atoms with E-state index in [4.69, 9.17) is 4.74 Å². The Labute approximate surface area is 150 Å². The molecule has 0 radical (unpaired) electrons. The molecular formula is C18H24F3N3O2. The predicted molar refractivity (Wildman–Crippen MR) is 90.8 cm³/mol. The van der Waals surface area contributed by atoms with Gasteiger partial charge >= 0.3 is 6.18 Å². The number of pyridine rings is 1. The third kappa shape index (κ3) is 4.87. The van der Waals surface area contributed by atoms with E-state index in [2.05, 4.69) is 10.3 Å². The molecule has 2 aliphatic heterocycles. The number of aromatic nitrogens is 1. The lowest BCUT2D eigenvalue weighted by Gasteiger charge is -2.34. The van der Waals surface area contributed by atoms with Gasteiger partial charge in [0.05, 0.1) is 5.56 Å². The molecule has 8 heteroatoms. The molecule has 1 aromatic rings. The molecule has 2 saturated heterocycles. The summed E-state index contributed by atoms with van der Waals surface area (Å²) < 4.78 is 44.7. The minimum absolute atomic E-state index is 0.00916. The maximum atomic E-state index is 13.1. The fraction of sp³-hybridized carbons (Fsp3) is 0.667. The summed E-state index contributed by atoms with van der Waals surface area (Å²) in [7, 11) is 0. The number of amides is 1. The first-order valence-electron chi connectivity index (χ1n) is 9.08. The molecule has 1 N–H and O–H groups in total. The molecule has 0 saturated carbocycles. The Morgan fingerprint density at radius 2 is 1.92 bits per heavy atom. The number of carbonyl (C=O) groups is 1. The zero-order chi connectivity index (χ0) is 18.6. The minimum Gasteiger partial charge on any atom is -0.381 e. The van der Waals surface area contributed by atoms with Crippen molar-refractivity contribution in [2.24, 2.45) is 5.92 Å². The first kappa shape index (κ1) is 18.9. The van der Waals surface area contributed by atoms with Crippen LogP contribution in [-0.2, 0) is 15.7 Å². The van der Waals surface area contributed by atoms with Gasteiger partial charge in [-0.05, 0) is 43.7 Å². The van der Waals surface area contributed by atoms with Gasteiger partial charge in [0.1, 0.15) is 5.82 Å². The zero-order valence-corrected chi connectivity index (χ0v) is 14.6. The Hall–Kier alpha value is -1.83. The smallest absolute Gasteiger partial charge is 0.381 e. The fourth-order valence-electron chi connectivity index (χ4n) is 3.61. The fourth-order valence-corrected chi connectivity index (χ4v) is 3.61. The molecule has 1 aromatic heterocycles. The molecule has 0 spiro atoms. The van der Waals surface area contributed by atoms with Crippen LogP contribution >= 0.6 is 0 Å². The van der Waals surface area contributed by atoms with Crippen LogP contribution in [0.2, 0.25) is 0 Å². The molecule has 26 heavy (non-hydrogen) atoms. The van der Waals surface area contributed by atoms with Crippen LogP contribution in [0.4, 0.5) is 19.0 Å². The lowest BCUT2D eigenvalue weighted by molar-refractivity contribution is -0.137. The van der Waals surface area contributed by atoms with E-state index in [0.29, 0.717) is 45.6 Å². The summed E-state index contributed by atoms with van der Waals surface area (Å²) >= 11 is 0. The van der Waals surface area contributed by atoms with Gasteiger partial charge < -0.3 is 15.0 Å². The van der Waals surface area contributed by atoms with E-state index in [1.54, 1.807) is 4.90 Å². The first-order chi connectivity index (χ1) is 12.4. The van der Waals surface area contributed by atoms with Gasteiger partial charge in [0.25, 0.3) is 0 Å². The number of anilines is 1. The second-order valence-corrected chi connectivity index (χ2v) is 6.96. The molecule has 0 aromatic carbocycles. The number of hydrogen-bond acceptors (Lipinski definition) is 4. The van der Waals surface area contributed by atoms with Crippen molar-refractivity contribution in [2.45, 2.75) is 44.3 Å². The van der Waals surface area contributed by atoms with Gasteiger partial charge in [-0.25, -0.2) is 4.98 Å². The summed E-state index contributed by atoms with van der Waals surface area (Å²) in [6.07, 6.45) is 0.458. The molecule has 0 atom stereocenters. The Kier molecular flexibility index (Phi) is 6.01. The molecule has 0 aliphatic carbocycles. The number of piperidine rings is 1. The standard InChI is InChI=1S/C18H24F3N3O2/c19-18(20,21)15-2-1-7-22-17(15)24-8-3-13(4-9-24)12-16(25)23-14-5-10-26-11-6-14/h1-2,7,13-14H,3-6,8-12H2,(H,23,25). The maximum absolute atomic E-state index is 13.1. The van der Waals surface area contributed by atoms with Gasteiger partial charge in [0, 0.05) is 45.0 Å². The highest BCUT2D eigenvalue weighted by Crippen LogP contribution is 2.36. The van der Waals surface area contributed by atoms with Crippen LogP contribution in [0.25, 0.3) is 0 Å². The van der Waals surface area contributed by atoms with E-state index in [0.717, 1.165) is 18.9 Å². The van der Waals surface area contributed by atoms with E-state index >= 15 is 0 Å². The second-order valence-electron chi connectivity index (χ2n) is 6.96. The van der Waals surface area contributed by atoms with Crippen molar-refractivity contribution in [3.05, 3.63) is 23.9 Å². The number of alkyl halides is 3. The van der Waals surface area contributed by atoms with Gasteiger partial charge in [-0.1, -0.05) is 0 Å².